The van der Waals surface area contributed by atoms with E-state index in [-0.39, 0.29) is 16.7 Å². The number of benzene rings is 1. The number of rotatable bonds is 7. The maximum atomic E-state index is 12.4. The van der Waals surface area contributed by atoms with Crippen LogP contribution in [0.4, 0.5) is 0 Å². The number of thioether (sulfide) groups is 1. The summed E-state index contributed by atoms with van der Waals surface area (Å²) in [5.41, 5.74) is 0.495. The number of aromatic nitrogens is 4. The van der Waals surface area contributed by atoms with E-state index in [4.69, 9.17) is 4.74 Å². The normalized spacial score (nSPS) is 12.7. The van der Waals surface area contributed by atoms with Gasteiger partial charge in [-0.1, -0.05) is 30.8 Å². The number of hydrogen-bond acceptors (Lipinski definition) is 6. The number of para-hydroxylation sites is 2. The Morgan fingerprint density at radius 2 is 2.12 bits per heavy atom. The van der Waals surface area contributed by atoms with E-state index in [1.807, 2.05) is 52.0 Å². The van der Waals surface area contributed by atoms with E-state index in [0.29, 0.717) is 10.9 Å². The number of methoxy groups -OCH3 is 1. The van der Waals surface area contributed by atoms with Gasteiger partial charge in [-0.15, -0.1) is 5.10 Å². The van der Waals surface area contributed by atoms with Crippen LogP contribution in [0.5, 0.6) is 5.75 Å². The molecule has 0 aliphatic rings. The molecule has 1 aromatic heterocycles. The molecule has 0 radical (unpaired) electrons. The number of hydrogen-bond donors (Lipinski definition) is 1. The molecule has 1 heterocycles. The Balaban J connectivity index is 2.18. The van der Waals surface area contributed by atoms with Crippen molar-refractivity contribution in [2.75, 3.05) is 7.11 Å². The van der Waals surface area contributed by atoms with Crippen molar-refractivity contribution in [3.8, 4) is 11.4 Å². The SMILES string of the molecule is CCC(C)(C)NC(=O)C(C)Sc1nnnn1-c1ccccc1OC. The van der Waals surface area contributed by atoms with Crippen LogP contribution in [0, 0.1) is 0 Å². The number of carbonyl (C=O) groups is 1. The first-order chi connectivity index (χ1) is 11.4. The zero-order chi connectivity index (χ0) is 17.7. The third kappa shape index (κ3) is 4.25. The smallest absolute Gasteiger partial charge is 0.233 e. The van der Waals surface area contributed by atoms with E-state index >= 15 is 0 Å². The highest BCUT2D eigenvalue weighted by Gasteiger charge is 2.24. The second-order valence-electron chi connectivity index (χ2n) is 6.03. The molecule has 0 saturated carbocycles. The van der Waals surface area contributed by atoms with Crippen molar-refractivity contribution in [1.29, 1.82) is 0 Å². The number of amides is 1. The van der Waals surface area contributed by atoms with Crippen LogP contribution < -0.4 is 10.1 Å². The fourth-order valence-electron chi connectivity index (χ4n) is 1.94. The summed E-state index contributed by atoms with van der Waals surface area (Å²) >= 11 is 1.31. The second kappa shape index (κ2) is 7.65. The maximum absolute atomic E-state index is 12.4. The van der Waals surface area contributed by atoms with Crippen molar-refractivity contribution < 1.29 is 9.53 Å². The van der Waals surface area contributed by atoms with Crippen LogP contribution in [0.3, 0.4) is 0 Å². The average molecular weight is 349 g/mol. The van der Waals surface area contributed by atoms with Gasteiger partial charge >= 0.3 is 0 Å². The van der Waals surface area contributed by atoms with Gasteiger partial charge in [-0.05, 0) is 49.8 Å². The van der Waals surface area contributed by atoms with Gasteiger partial charge in [-0.2, -0.15) is 4.68 Å². The third-order valence-electron chi connectivity index (χ3n) is 3.75. The van der Waals surface area contributed by atoms with E-state index < -0.39 is 0 Å². The standard InChI is InChI=1S/C16H23N5O2S/c1-6-16(3,4)17-14(22)11(2)24-15-18-19-20-21(15)12-9-7-8-10-13(12)23-5/h7-11H,6H2,1-5H3,(H,17,22). The van der Waals surface area contributed by atoms with Gasteiger partial charge in [0.15, 0.2) is 0 Å². The van der Waals surface area contributed by atoms with E-state index in [1.165, 1.54) is 11.8 Å². The molecule has 0 saturated heterocycles. The van der Waals surface area contributed by atoms with Crippen molar-refractivity contribution >= 4 is 17.7 Å². The van der Waals surface area contributed by atoms with Gasteiger partial charge < -0.3 is 10.1 Å². The van der Waals surface area contributed by atoms with Crippen molar-refractivity contribution in [2.45, 2.75) is 50.1 Å². The number of carbonyl (C=O) groups excluding carboxylic acids is 1. The lowest BCUT2D eigenvalue weighted by Gasteiger charge is -2.26. The molecule has 0 bridgehead atoms. The summed E-state index contributed by atoms with van der Waals surface area (Å²) < 4.78 is 6.93. The molecule has 0 spiro atoms. The molecule has 0 aliphatic carbocycles. The largest absolute Gasteiger partial charge is 0.494 e. The minimum Gasteiger partial charge on any atom is -0.494 e. The Labute approximate surface area is 146 Å². The van der Waals surface area contributed by atoms with Gasteiger partial charge in [0.1, 0.15) is 11.4 Å². The number of ether oxygens (including phenoxy) is 1. The highest BCUT2D eigenvalue weighted by Crippen LogP contribution is 2.27. The topological polar surface area (TPSA) is 81.9 Å². The maximum Gasteiger partial charge on any atom is 0.233 e. The van der Waals surface area contributed by atoms with Crippen LogP contribution in [0.1, 0.15) is 34.1 Å². The zero-order valence-electron chi connectivity index (χ0n) is 14.6. The number of nitrogens with one attached hydrogen (secondary N) is 1. The third-order valence-corrected chi connectivity index (χ3v) is 4.78. The van der Waals surface area contributed by atoms with Gasteiger partial charge in [-0.3, -0.25) is 4.79 Å². The molecule has 1 N–H and O–H groups in total. The monoisotopic (exact) mass is 349 g/mol. The molecule has 130 valence electrons. The van der Waals surface area contributed by atoms with Crippen molar-refractivity contribution in [1.82, 2.24) is 25.5 Å². The summed E-state index contributed by atoms with van der Waals surface area (Å²) in [5.74, 6) is 0.622. The molecule has 2 aromatic rings. The van der Waals surface area contributed by atoms with Crippen molar-refractivity contribution in [3.05, 3.63) is 24.3 Å². The van der Waals surface area contributed by atoms with Crippen LogP contribution in [-0.2, 0) is 4.79 Å². The quantitative estimate of drug-likeness (QED) is 0.773. The lowest BCUT2D eigenvalue weighted by molar-refractivity contribution is -0.121. The second-order valence-corrected chi connectivity index (χ2v) is 7.34. The molecule has 7 nitrogen and oxygen atoms in total. The molecule has 1 unspecified atom stereocenters. The molecule has 1 atom stereocenters. The van der Waals surface area contributed by atoms with Gasteiger partial charge in [0, 0.05) is 5.54 Å². The Bertz CT molecular complexity index is 701. The summed E-state index contributed by atoms with van der Waals surface area (Å²) in [7, 11) is 1.60. The first-order valence-electron chi connectivity index (χ1n) is 7.78. The van der Waals surface area contributed by atoms with Crippen molar-refractivity contribution in [3.63, 3.8) is 0 Å². The molecular formula is C16H23N5O2S. The van der Waals surface area contributed by atoms with E-state index in [2.05, 4.69) is 20.8 Å². The van der Waals surface area contributed by atoms with Gasteiger partial charge in [0.25, 0.3) is 0 Å². The molecule has 1 amide bonds. The minimum atomic E-state index is -0.324. The lowest BCUT2D eigenvalue weighted by atomic mass is 10.0. The predicted octanol–water partition coefficient (Wildman–Crippen LogP) is 2.46. The van der Waals surface area contributed by atoms with Crippen LogP contribution in [0.2, 0.25) is 0 Å². The summed E-state index contributed by atoms with van der Waals surface area (Å²) in [4.78, 5) is 12.4. The molecule has 1 aromatic carbocycles. The Morgan fingerprint density at radius 3 is 2.79 bits per heavy atom. The highest BCUT2D eigenvalue weighted by molar-refractivity contribution is 8.00. The Hall–Kier alpha value is -2.09. The minimum absolute atomic E-state index is 0.0403. The summed E-state index contributed by atoms with van der Waals surface area (Å²) in [5, 5.41) is 15.0. The van der Waals surface area contributed by atoms with Crippen LogP contribution >= 0.6 is 11.8 Å². The van der Waals surface area contributed by atoms with Gasteiger partial charge in [-0.25, -0.2) is 0 Å². The van der Waals surface area contributed by atoms with Crippen molar-refractivity contribution in [2.24, 2.45) is 0 Å². The number of nitrogens with zero attached hydrogens (tertiary/aromatic N) is 4. The fourth-order valence-corrected chi connectivity index (χ4v) is 2.74. The molecular weight excluding hydrogens is 326 g/mol. The average Bonchev–Trinajstić information content (AvgIpc) is 3.02. The molecule has 0 fully saturated rings. The van der Waals surface area contributed by atoms with Crippen LogP contribution in [0.25, 0.3) is 5.69 Å². The summed E-state index contributed by atoms with van der Waals surface area (Å²) in [6, 6.07) is 7.46. The Kier molecular flexibility index (Phi) is 5.82. The first kappa shape index (κ1) is 18.3. The van der Waals surface area contributed by atoms with E-state index in [0.717, 1.165) is 12.1 Å². The fraction of sp³-hybridized carbons (Fsp3) is 0.500. The predicted molar refractivity (Wildman–Crippen MR) is 93.5 cm³/mol. The van der Waals surface area contributed by atoms with E-state index in [9.17, 15) is 4.79 Å². The van der Waals surface area contributed by atoms with Gasteiger partial charge in [0.2, 0.25) is 11.1 Å². The molecule has 24 heavy (non-hydrogen) atoms. The summed E-state index contributed by atoms with van der Waals surface area (Å²) in [6.07, 6.45) is 0.856. The van der Waals surface area contributed by atoms with E-state index in [1.54, 1.807) is 11.8 Å². The van der Waals surface area contributed by atoms with Crippen LogP contribution in [-0.4, -0.2) is 44.0 Å². The first-order valence-corrected chi connectivity index (χ1v) is 8.66. The summed E-state index contributed by atoms with van der Waals surface area (Å²) in [6.45, 7) is 7.88. The molecule has 8 heteroatoms. The highest BCUT2D eigenvalue weighted by atomic mass is 32.2. The lowest BCUT2D eigenvalue weighted by Crippen LogP contribution is -2.46. The molecule has 0 aliphatic heterocycles. The zero-order valence-corrected chi connectivity index (χ0v) is 15.4. The van der Waals surface area contributed by atoms with Crippen LogP contribution in [0.15, 0.2) is 29.4 Å². The Morgan fingerprint density at radius 1 is 1.42 bits per heavy atom. The molecule has 2 rings (SSSR count). The number of tetrazole rings is 1. The van der Waals surface area contributed by atoms with Gasteiger partial charge in [0.05, 0.1) is 12.4 Å².